The van der Waals surface area contributed by atoms with E-state index in [1.165, 1.54) is 53.7 Å². The van der Waals surface area contributed by atoms with Crippen molar-refractivity contribution in [1.82, 2.24) is 0 Å². The molecule has 1 aromatic carbocycles. The second kappa shape index (κ2) is 15.3. The lowest BCUT2D eigenvalue weighted by atomic mass is 9.76. The van der Waals surface area contributed by atoms with Gasteiger partial charge in [-0.2, -0.15) is 0 Å². The highest BCUT2D eigenvalue weighted by atomic mass is 14.8. The van der Waals surface area contributed by atoms with Gasteiger partial charge >= 0.3 is 0 Å². The lowest BCUT2D eigenvalue weighted by Crippen LogP contribution is -2.27. The summed E-state index contributed by atoms with van der Waals surface area (Å²) in [5, 5.41) is 0. The highest BCUT2D eigenvalue weighted by Gasteiger charge is 2.31. The molecule has 0 bridgehead atoms. The van der Waals surface area contributed by atoms with Gasteiger partial charge in [-0.15, -0.1) is 0 Å². The van der Waals surface area contributed by atoms with E-state index < -0.39 is 0 Å². The quantitative estimate of drug-likeness (QED) is 0.462. The Morgan fingerprint density at radius 1 is 1.04 bits per heavy atom. The molecule has 0 saturated carbocycles. The summed E-state index contributed by atoms with van der Waals surface area (Å²) in [6.07, 6.45) is 8.42. The van der Waals surface area contributed by atoms with Gasteiger partial charge in [-0.05, 0) is 36.5 Å². The third-order valence-corrected chi connectivity index (χ3v) is 5.01. The van der Waals surface area contributed by atoms with Crippen molar-refractivity contribution in [2.75, 3.05) is 6.54 Å². The van der Waals surface area contributed by atoms with Crippen molar-refractivity contribution in [2.24, 2.45) is 16.8 Å². The summed E-state index contributed by atoms with van der Waals surface area (Å²) in [5.74, 6) is 0.900. The van der Waals surface area contributed by atoms with Gasteiger partial charge in [-0.25, -0.2) is 0 Å². The zero-order valence-electron chi connectivity index (χ0n) is 19.9. The smallest absolute Gasteiger partial charge is 0.0495 e. The van der Waals surface area contributed by atoms with E-state index in [9.17, 15) is 0 Å². The highest BCUT2D eigenvalue weighted by Crippen LogP contribution is 2.41. The van der Waals surface area contributed by atoms with Crippen molar-refractivity contribution >= 4 is 11.3 Å². The van der Waals surface area contributed by atoms with E-state index in [0.717, 1.165) is 13.0 Å². The number of rotatable bonds is 4. The van der Waals surface area contributed by atoms with E-state index in [0.29, 0.717) is 11.8 Å². The van der Waals surface area contributed by atoms with Gasteiger partial charge in [0.1, 0.15) is 0 Å². The normalized spacial score (nSPS) is 19.5. The number of aliphatic imine (C=N–C) groups is 1. The van der Waals surface area contributed by atoms with E-state index >= 15 is 0 Å². The van der Waals surface area contributed by atoms with Crippen LogP contribution in [0.1, 0.15) is 92.2 Å². The molecular weight excluding hydrogens is 338 g/mol. The van der Waals surface area contributed by atoms with Gasteiger partial charge in [-0.1, -0.05) is 110 Å². The van der Waals surface area contributed by atoms with E-state index in [-0.39, 0.29) is 0 Å². The first-order valence-corrected chi connectivity index (χ1v) is 11.6. The highest BCUT2D eigenvalue weighted by molar-refractivity contribution is 5.90. The second-order valence-electron chi connectivity index (χ2n) is 7.03. The molecule has 1 heterocycles. The van der Waals surface area contributed by atoms with Crippen LogP contribution in [-0.2, 0) is 6.42 Å². The first kappa shape index (κ1) is 26.4. The largest absolute Gasteiger partial charge is 0.293 e. The summed E-state index contributed by atoms with van der Waals surface area (Å²) < 4.78 is 0. The topological polar surface area (TPSA) is 12.4 Å². The Kier molecular flexibility index (Phi) is 14.4. The first-order chi connectivity index (χ1) is 13.6. The van der Waals surface area contributed by atoms with Gasteiger partial charge in [0.2, 0.25) is 0 Å². The summed E-state index contributed by atoms with van der Waals surface area (Å²) in [7, 11) is 0. The molecule has 2 unspecified atom stereocenters. The van der Waals surface area contributed by atoms with Crippen LogP contribution < -0.4 is 0 Å². The molecule has 0 N–H and O–H groups in total. The number of benzene rings is 1. The summed E-state index contributed by atoms with van der Waals surface area (Å²) in [6, 6.07) is 8.78. The lowest BCUT2D eigenvalue weighted by Gasteiger charge is -2.32. The maximum absolute atomic E-state index is 4.83. The lowest BCUT2D eigenvalue weighted by molar-refractivity contribution is 0.572. The molecule has 3 rings (SSSR count). The molecule has 0 saturated heterocycles. The Labute approximate surface area is 176 Å². The van der Waals surface area contributed by atoms with Gasteiger partial charge in [0.15, 0.2) is 0 Å². The second-order valence-corrected chi connectivity index (χ2v) is 7.03. The average molecular weight is 384 g/mol. The van der Waals surface area contributed by atoms with Gasteiger partial charge in [0.25, 0.3) is 0 Å². The fourth-order valence-corrected chi connectivity index (χ4v) is 3.71. The zero-order valence-corrected chi connectivity index (χ0v) is 19.9. The van der Waals surface area contributed by atoms with Gasteiger partial charge in [0, 0.05) is 24.1 Å². The molecule has 1 aliphatic carbocycles. The fourth-order valence-electron chi connectivity index (χ4n) is 3.71. The third-order valence-electron chi connectivity index (χ3n) is 5.01. The minimum absolute atomic E-state index is 0.416. The maximum atomic E-state index is 4.83. The molecule has 0 spiro atoms. The van der Waals surface area contributed by atoms with Crippen LogP contribution in [0.5, 0.6) is 0 Å². The molecule has 0 radical (unpaired) electrons. The van der Waals surface area contributed by atoms with Crippen molar-refractivity contribution < 1.29 is 0 Å². The molecule has 0 aromatic heterocycles. The van der Waals surface area contributed by atoms with E-state index in [1.54, 1.807) is 0 Å². The van der Waals surface area contributed by atoms with Crippen LogP contribution in [0.2, 0.25) is 0 Å². The molecule has 0 fully saturated rings. The molecule has 2 atom stereocenters. The third kappa shape index (κ3) is 7.08. The monoisotopic (exact) mass is 383 g/mol. The summed E-state index contributed by atoms with van der Waals surface area (Å²) >= 11 is 0. The van der Waals surface area contributed by atoms with Gasteiger partial charge in [0.05, 0.1) is 0 Å². The van der Waals surface area contributed by atoms with Crippen molar-refractivity contribution in [1.29, 1.82) is 0 Å². The molecule has 158 valence electrons. The summed E-state index contributed by atoms with van der Waals surface area (Å²) in [6.45, 7) is 22.0. The Bertz CT molecular complexity index is 621. The van der Waals surface area contributed by atoms with Crippen LogP contribution in [0, 0.1) is 11.8 Å². The maximum Gasteiger partial charge on any atom is 0.0495 e. The number of allylic oxidation sites excluding steroid dienone is 1. The predicted octanol–water partition coefficient (Wildman–Crippen LogP) is 8.55. The molecule has 1 aliphatic heterocycles. The SMILES string of the molecule is C=C1C(C2=CCc3ccccc32)CN=C(C)C1CCCC.CC.CC.CCC. The number of hydrogen-bond donors (Lipinski definition) is 0. The van der Waals surface area contributed by atoms with E-state index in [2.05, 4.69) is 64.6 Å². The van der Waals surface area contributed by atoms with Crippen LogP contribution in [0.15, 0.2) is 47.5 Å². The van der Waals surface area contributed by atoms with Crippen molar-refractivity contribution in [2.45, 2.75) is 87.5 Å². The minimum Gasteiger partial charge on any atom is -0.293 e. The summed E-state index contributed by atoms with van der Waals surface area (Å²) in [5.41, 5.74) is 7.02. The Balaban J connectivity index is 0.000000930. The van der Waals surface area contributed by atoms with Crippen LogP contribution >= 0.6 is 0 Å². The molecule has 1 nitrogen and oxygen atoms in total. The van der Waals surface area contributed by atoms with Gasteiger partial charge in [-0.3, -0.25) is 4.99 Å². The van der Waals surface area contributed by atoms with Crippen LogP contribution in [0.25, 0.3) is 5.57 Å². The van der Waals surface area contributed by atoms with Crippen molar-refractivity contribution in [3.63, 3.8) is 0 Å². The van der Waals surface area contributed by atoms with Crippen LogP contribution in [-0.4, -0.2) is 12.3 Å². The van der Waals surface area contributed by atoms with Crippen LogP contribution in [0.3, 0.4) is 0 Å². The van der Waals surface area contributed by atoms with Crippen molar-refractivity contribution in [3.8, 4) is 0 Å². The predicted molar refractivity (Wildman–Crippen MR) is 130 cm³/mol. The van der Waals surface area contributed by atoms with Gasteiger partial charge < -0.3 is 0 Å². The standard InChI is InChI=1S/C20H25N.C3H8.2C2H6/c1-4-5-9-17-14(2)20(13-21-15(17)3)19-12-11-16-8-6-7-10-18(16)19;1-3-2;2*1-2/h6-8,10,12,17,20H,2,4-5,9,11,13H2,1,3H3;3H2,1-2H3;2*1-2H3. The molecule has 1 heteroatoms. The molecule has 0 amide bonds. The fraction of sp³-hybridized carbons (Fsp3) is 0.593. The van der Waals surface area contributed by atoms with E-state index in [4.69, 9.17) is 4.99 Å². The first-order valence-electron chi connectivity index (χ1n) is 11.6. The minimum atomic E-state index is 0.416. The zero-order chi connectivity index (χ0) is 21.5. The average Bonchev–Trinajstić information content (AvgIpc) is 3.16. The molecule has 2 aliphatic rings. The molecular formula is C27H45N. The molecule has 28 heavy (non-hydrogen) atoms. The Hall–Kier alpha value is -1.63. The van der Waals surface area contributed by atoms with E-state index in [1.807, 2.05) is 27.7 Å². The van der Waals surface area contributed by atoms with Crippen molar-refractivity contribution in [3.05, 3.63) is 53.6 Å². The summed E-state index contributed by atoms with van der Waals surface area (Å²) in [4.78, 5) is 4.83. The Morgan fingerprint density at radius 3 is 2.25 bits per heavy atom. The number of nitrogens with zero attached hydrogens (tertiary/aromatic N) is 1. The Morgan fingerprint density at radius 2 is 1.64 bits per heavy atom. The number of fused-ring (bicyclic) bond motifs is 1. The number of hydrogen-bond acceptors (Lipinski definition) is 1. The molecule has 1 aromatic rings. The van der Waals surface area contributed by atoms with Crippen LogP contribution in [0.4, 0.5) is 0 Å². The number of unbranched alkanes of at least 4 members (excludes halogenated alkanes) is 1.